The van der Waals surface area contributed by atoms with Gasteiger partial charge in [0.15, 0.2) is 0 Å². The Kier molecular flexibility index (Phi) is 8.33. The van der Waals surface area contributed by atoms with Crippen LogP contribution >= 0.6 is 0 Å². The van der Waals surface area contributed by atoms with Gasteiger partial charge in [0.25, 0.3) is 0 Å². The molecule has 0 rings (SSSR count). The number of amides is 2. The molecular formula is C10H22N2O2. The highest BCUT2D eigenvalue weighted by Gasteiger charge is 2.02. The van der Waals surface area contributed by atoms with Crippen molar-refractivity contribution in [2.45, 2.75) is 39.2 Å². The largest absolute Gasteiger partial charge is 0.385 e. The van der Waals surface area contributed by atoms with Gasteiger partial charge in [-0.2, -0.15) is 0 Å². The summed E-state index contributed by atoms with van der Waals surface area (Å²) in [5, 5.41) is 5.64. The Hall–Kier alpha value is -0.770. The molecule has 0 fully saturated rings. The molecule has 84 valence electrons. The molecule has 0 saturated carbocycles. The maximum absolute atomic E-state index is 11.2. The van der Waals surface area contributed by atoms with Gasteiger partial charge in [0.1, 0.15) is 0 Å². The van der Waals surface area contributed by atoms with Gasteiger partial charge in [-0.05, 0) is 26.2 Å². The van der Waals surface area contributed by atoms with Gasteiger partial charge in [-0.3, -0.25) is 0 Å². The molecule has 0 aliphatic heterocycles. The van der Waals surface area contributed by atoms with Gasteiger partial charge in [0.05, 0.1) is 0 Å². The van der Waals surface area contributed by atoms with E-state index in [1.165, 1.54) is 0 Å². The van der Waals surface area contributed by atoms with E-state index in [0.717, 1.165) is 25.9 Å². The smallest absolute Gasteiger partial charge is 0.314 e. The lowest BCUT2D eigenvalue weighted by atomic mass is 10.3. The van der Waals surface area contributed by atoms with Crippen LogP contribution in [0.3, 0.4) is 0 Å². The van der Waals surface area contributed by atoms with Gasteiger partial charge in [-0.25, -0.2) is 4.79 Å². The fourth-order valence-corrected chi connectivity index (χ4v) is 0.950. The Balaban J connectivity index is 3.27. The predicted molar refractivity (Wildman–Crippen MR) is 57.4 cm³/mol. The normalized spacial score (nSPS) is 12.2. The number of urea groups is 1. The van der Waals surface area contributed by atoms with Crippen LogP contribution in [0.2, 0.25) is 0 Å². The molecular weight excluding hydrogens is 180 g/mol. The SMILES string of the molecule is CCC(C)NC(=O)NCCCCOC. The first-order chi connectivity index (χ1) is 6.70. The monoisotopic (exact) mass is 202 g/mol. The van der Waals surface area contributed by atoms with Gasteiger partial charge in [-0.1, -0.05) is 6.92 Å². The summed E-state index contributed by atoms with van der Waals surface area (Å²) in [4.78, 5) is 11.2. The van der Waals surface area contributed by atoms with E-state index in [4.69, 9.17) is 4.74 Å². The van der Waals surface area contributed by atoms with E-state index in [1.807, 2.05) is 13.8 Å². The zero-order valence-electron chi connectivity index (χ0n) is 9.43. The van der Waals surface area contributed by atoms with E-state index in [9.17, 15) is 4.79 Å². The van der Waals surface area contributed by atoms with Crippen molar-refractivity contribution in [2.24, 2.45) is 0 Å². The highest BCUT2D eigenvalue weighted by atomic mass is 16.5. The average Bonchev–Trinajstić information content (AvgIpc) is 2.17. The van der Waals surface area contributed by atoms with Crippen molar-refractivity contribution < 1.29 is 9.53 Å². The molecule has 1 atom stereocenters. The molecule has 4 heteroatoms. The number of hydrogen-bond donors (Lipinski definition) is 2. The van der Waals surface area contributed by atoms with Crippen LogP contribution in [-0.2, 0) is 4.74 Å². The first kappa shape index (κ1) is 13.2. The maximum atomic E-state index is 11.2. The first-order valence-electron chi connectivity index (χ1n) is 5.24. The topological polar surface area (TPSA) is 50.4 Å². The third kappa shape index (κ3) is 7.86. The maximum Gasteiger partial charge on any atom is 0.314 e. The van der Waals surface area contributed by atoms with Gasteiger partial charge in [0, 0.05) is 26.3 Å². The Morgan fingerprint density at radius 1 is 1.43 bits per heavy atom. The van der Waals surface area contributed by atoms with Gasteiger partial charge < -0.3 is 15.4 Å². The van der Waals surface area contributed by atoms with Crippen molar-refractivity contribution in [1.29, 1.82) is 0 Å². The van der Waals surface area contributed by atoms with Crippen LogP contribution in [0.5, 0.6) is 0 Å². The number of nitrogens with one attached hydrogen (secondary N) is 2. The Bertz CT molecular complexity index is 151. The Labute approximate surface area is 86.4 Å². The van der Waals surface area contributed by atoms with E-state index in [0.29, 0.717) is 6.54 Å². The molecule has 0 spiro atoms. The fraction of sp³-hybridized carbons (Fsp3) is 0.900. The van der Waals surface area contributed by atoms with Crippen molar-refractivity contribution in [3.05, 3.63) is 0 Å². The number of methoxy groups -OCH3 is 1. The number of hydrogen-bond acceptors (Lipinski definition) is 2. The zero-order valence-corrected chi connectivity index (χ0v) is 9.43. The van der Waals surface area contributed by atoms with Crippen molar-refractivity contribution in [3.63, 3.8) is 0 Å². The van der Waals surface area contributed by atoms with Crippen LogP contribution in [0, 0.1) is 0 Å². The van der Waals surface area contributed by atoms with Crippen LogP contribution < -0.4 is 10.6 Å². The third-order valence-corrected chi connectivity index (χ3v) is 2.05. The molecule has 0 aromatic rings. The van der Waals surface area contributed by atoms with Crippen molar-refractivity contribution in [1.82, 2.24) is 10.6 Å². The van der Waals surface area contributed by atoms with Gasteiger partial charge >= 0.3 is 6.03 Å². The van der Waals surface area contributed by atoms with Crippen LogP contribution in [0.1, 0.15) is 33.1 Å². The van der Waals surface area contributed by atoms with Crippen LogP contribution in [0.25, 0.3) is 0 Å². The van der Waals surface area contributed by atoms with E-state index in [2.05, 4.69) is 10.6 Å². The minimum atomic E-state index is -0.0724. The molecule has 2 N–H and O–H groups in total. The Morgan fingerprint density at radius 2 is 2.14 bits per heavy atom. The molecule has 0 aromatic heterocycles. The lowest BCUT2D eigenvalue weighted by molar-refractivity contribution is 0.192. The molecule has 2 amide bonds. The molecule has 0 aliphatic carbocycles. The van der Waals surface area contributed by atoms with Crippen molar-refractivity contribution in [2.75, 3.05) is 20.3 Å². The number of ether oxygens (including phenoxy) is 1. The average molecular weight is 202 g/mol. The second-order valence-electron chi connectivity index (χ2n) is 3.41. The minimum Gasteiger partial charge on any atom is -0.385 e. The highest BCUT2D eigenvalue weighted by molar-refractivity contribution is 5.74. The number of rotatable bonds is 7. The summed E-state index contributed by atoms with van der Waals surface area (Å²) in [6.07, 6.45) is 2.90. The molecule has 0 saturated heterocycles. The lowest BCUT2D eigenvalue weighted by Crippen LogP contribution is -2.40. The van der Waals surface area contributed by atoms with E-state index in [1.54, 1.807) is 7.11 Å². The molecule has 0 heterocycles. The molecule has 0 aromatic carbocycles. The van der Waals surface area contributed by atoms with E-state index in [-0.39, 0.29) is 12.1 Å². The number of unbranched alkanes of at least 4 members (excludes halogenated alkanes) is 1. The minimum absolute atomic E-state index is 0.0724. The van der Waals surface area contributed by atoms with Crippen molar-refractivity contribution >= 4 is 6.03 Å². The molecule has 4 nitrogen and oxygen atoms in total. The lowest BCUT2D eigenvalue weighted by Gasteiger charge is -2.12. The molecule has 0 bridgehead atoms. The second-order valence-corrected chi connectivity index (χ2v) is 3.41. The summed E-state index contributed by atoms with van der Waals surface area (Å²) in [7, 11) is 1.68. The van der Waals surface area contributed by atoms with Gasteiger partial charge in [-0.15, -0.1) is 0 Å². The molecule has 14 heavy (non-hydrogen) atoms. The Morgan fingerprint density at radius 3 is 2.71 bits per heavy atom. The summed E-state index contributed by atoms with van der Waals surface area (Å²) in [6.45, 7) is 5.51. The van der Waals surface area contributed by atoms with Crippen LogP contribution in [0.4, 0.5) is 4.79 Å². The van der Waals surface area contributed by atoms with E-state index >= 15 is 0 Å². The summed E-state index contributed by atoms with van der Waals surface area (Å²) in [6, 6.07) is 0.172. The molecule has 1 unspecified atom stereocenters. The summed E-state index contributed by atoms with van der Waals surface area (Å²) in [5.74, 6) is 0. The number of carbonyl (C=O) groups is 1. The van der Waals surface area contributed by atoms with Crippen molar-refractivity contribution in [3.8, 4) is 0 Å². The van der Waals surface area contributed by atoms with Crippen LogP contribution in [-0.4, -0.2) is 32.3 Å². The second kappa shape index (κ2) is 8.81. The summed E-state index contributed by atoms with van der Waals surface area (Å²) < 4.78 is 4.90. The summed E-state index contributed by atoms with van der Waals surface area (Å²) in [5.41, 5.74) is 0. The van der Waals surface area contributed by atoms with Crippen LogP contribution in [0.15, 0.2) is 0 Å². The van der Waals surface area contributed by atoms with Gasteiger partial charge in [0.2, 0.25) is 0 Å². The standard InChI is InChI=1S/C10H22N2O2/c1-4-9(2)12-10(13)11-7-5-6-8-14-3/h9H,4-8H2,1-3H3,(H2,11,12,13). The predicted octanol–water partition coefficient (Wildman–Crippen LogP) is 1.51. The summed E-state index contributed by atoms with van der Waals surface area (Å²) >= 11 is 0. The zero-order chi connectivity index (χ0) is 10.8. The third-order valence-electron chi connectivity index (χ3n) is 2.05. The molecule has 0 aliphatic rings. The quantitative estimate of drug-likeness (QED) is 0.615. The fourth-order valence-electron chi connectivity index (χ4n) is 0.950. The first-order valence-corrected chi connectivity index (χ1v) is 5.24. The van der Waals surface area contributed by atoms with E-state index < -0.39 is 0 Å². The molecule has 0 radical (unpaired) electrons. The highest BCUT2D eigenvalue weighted by Crippen LogP contribution is 1.89. The number of carbonyl (C=O) groups excluding carboxylic acids is 1.